The minimum absolute atomic E-state index is 0.0205. The highest BCUT2D eigenvalue weighted by Crippen LogP contribution is 2.55. The van der Waals surface area contributed by atoms with E-state index in [1.807, 2.05) is 0 Å². The molecule has 11 aromatic rings. The number of rotatable bonds is 2. The van der Waals surface area contributed by atoms with Gasteiger partial charge in [-0.3, -0.25) is 0 Å². The third-order valence-corrected chi connectivity index (χ3v) is 14.5. The van der Waals surface area contributed by atoms with Gasteiger partial charge in [-0.2, -0.15) is 0 Å². The number of aromatic nitrogens is 2. The standard InChI is InChI=1S/C56H36B2N4/c1-33-29-39-51-49-37-21-9-13-25-43(37)62-56(49)52(40-30-34(2)32-48-54(40)58(62)42-24-12-16-28-46(42)60(48)36-19-7-4-8-20-36)50-38-22-10-14-26-44(38)61(55(50)51)57-41-23-11-15-27-45(41)59(47(31-33)53(39)57)35-17-5-3-6-18-35/h3-32H,1-2H3. The molecule has 4 aliphatic rings. The molecule has 0 bridgehead atoms. The van der Waals surface area contributed by atoms with Gasteiger partial charge in [0, 0.05) is 88.9 Å². The minimum atomic E-state index is -0.0205. The van der Waals surface area contributed by atoms with Crippen molar-refractivity contribution in [3.8, 4) is 22.3 Å². The normalized spacial score (nSPS) is 13.8. The van der Waals surface area contributed by atoms with Crippen molar-refractivity contribution in [3.05, 3.63) is 193 Å². The Balaban J connectivity index is 1.19. The zero-order chi connectivity index (χ0) is 40.5. The molecule has 0 amide bonds. The molecule has 286 valence electrons. The van der Waals surface area contributed by atoms with E-state index < -0.39 is 0 Å². The zero-order valence-electron chi connectivity index (χ0n) is 34.3. The quantitative estimate of drug-likeness (QED) is 0.162. The van der Waals surface area contributed by atoms with Crippen molar-refractivity contribution < 1.29 is 0 Å². The molecule has 6 heterocycles. The predicted molar refractivity (Wildman–Crippen MR) is 263 cm³/mol. The molecule has 0 saturated carbocycles. The molecule has 6 heteroatoms. The molecule has 0 N–H and O–H groups in total. The molecule has 0 saturated heterocycles. The highest BCUT2D eigenvalue weighted by atomic mass is 15.2. The van der Waals surface area contributed by atoms with Gasteiger partial charge in [0.15, 0.2) is 0 Å². The van der Waals surface area contributed by atoms with Gasteiger partial charge in [0.25, 0.3) is 0 Å². The summed E-state index contributed by atoms with van der Waals surface area (Å²) < 4.78 is 5.48. The number of fused-ring (bicyclic) bond motifs is 16. The minimum Gasteiger partial charge on any atom is -0.375 e. The van der Waals surface area contributed by atoms with Crippen molar-refractivity contribution >= 4 is 113 Å². The Morgan fingerprint density at radius 1 is 0.371 bits per heavy atom. The van der Waals surface area contributed by atoms with E-state index in [0.717, 1.165) is 0 Å². The Morgan fingerprint density at radius 3 is 1.21 bits per heavy atom. The van der Waals surface area contributed by atoms with E-state index in [0.29, 0.717) is 0 Å². The van der Waals surface area contributed by atoms with Crippen LogP contribution in [0.1, 0.15) is 11.1 Å². The SMILES string of the molecule is Cc1cc2c3c(c1)N(c1ccccc1)c1ccccc1B3n1c3ccccc3c3c4c5c(c-2c31)c1ccccc1n5B1c2ccccc2N(c2ccccc2)c2cc(C)cc-4c21. The first-order valence-corrected chi connectivity index (χ1v) is 21.8. The van der Waals surface area contributed by atoms with Crippen LogP contribution in [0.3, 0.4) is 0 Å². The van der Waals surface area contributed by atoms with Gasteiger partial charge >= 0.3 is 13.7 Å². The molecule has 0 atom stereocenters. The smallest absolute Gasteiger partial charge is 0.333 e. The largest absolute Gasteiger partial charge is 0.375 e. The van der Waals surface area contributed by atoms with Gasteiger partial charge in [0.2, 0.25) is 0 Å². The average molecular weight is 787 g/mol. The highest BCUT2D eigenvalue weighted by molar-refractivity contribution is 6.91. The van der Waals surface area contributed by atoms with E-state index >= 15 is 0 Å². The van der Waals surface area contributed by atoms with Crippen molar-refractivity contribution in [1.82, 2.24) is 8.96 Å². The molecule has 4 nitrogen and oxygen atoms in total. The third-order valence-electron chi connectivity index (χ3n) is 14.5. The summed E-state index contributed by atoms with van der Waals surface area (Å²) in [6, 6.07) is 68.5. The first kappa shape index (κ1) is 33.1. The van der Waals surface area contributed by atoms with Gasteiger partial charge < -0.3 is 18.8 Å². The summed E-state index contributed by atoms with van der Waals surface area (Å²) in [5.74, 6) is 0. The summed E-state index contributed by atoms with van der Waals surface area (Å²) in [4.78, 5) is 5.03. The van der Waals surface area contributed by atoms with E-state index in [1.165, 1.54) is 133 Å². The Labute approximate surface area is 359 Å². The van der Waals surface area contributed by atoms with Crippen molar-refractivity contribution in [3.63, 3.8) is 0 Å². The van der Waals surface area contributed by atoms with Crippen molar-refractivity contribution in [1.29, 1.82) is 0 Å². The predicted octanol–water partition coefficient (Wildman–Crippen LogP) is 11.4. The van der Waals surface area contributed by atoms with Crippen LogP contribution in [0, 0.1) is 13.8 Å². The van der Waals surface area contributed by atoms with Gasteiger partial charge in [0.05, 0.1) is 0 Å². The van der Waals surface area contributed by atoms with Crippen molar-refractivity contribution in [2.75, 3.05) is 9.80 Å². The average Bonchev–Trinajstić information content (AvgIpc) is 3.83. The van der Waals surface area contributed by atoms with Crippen LogP contribution in [0.25, 0.3) is 65.9 Å². The second-order valence-corrected chi connectivity index (χ2v) is 17.7. The van der Waals surface area contributed by atoms with Crippen LogP contribution in [0.15, 0.2) is 182 Å². The maximum atomic E-state index is 2.74. The van der Waals surface area contributed by atoms with Crippen LogP contribution >= 0.6 is 0 Å². The van der Waals surface area contributed by atoms with E-state index in [4.69, 9.17) is 0 Å². The number of anilines is 6. The maximum absolute atomic E-state index is 2.74. The van der Waals surface area contributed by atoms with Gasteiger partial charge in [-0.15, -0.1) is 0 Å². The fourth-order valence-corrected chi connectivity index (χ4v) is 12.4. The van der Waals surface area contributed by atoms with E-state index in [2.05, 4.69) is 215 Å². The summed E-state index contributed by atoms with van der Waals surface area (Å²) in [6.45, 7) is 4.53. The maximum Gasteiger partial charge on any atom is 0.333 e. The fourth-order valence-electron chi connectivity index (χ4n) is 12.4. The summed E-state index contributed by atoms with van der Waals surface area (Å²) in [6.07, 6.45) is 0. The zero-order valence-corrected chi connectivity index (χ0v) is 34.3. The van der Waals surface area contributed by atoms with Gasteiger partial charge in [-0.05, 0) is 119 Å². The lowest BCUT2D eigenvalue weighted by atomic mass is 9.44. The monoisotopic (exact) mass is 786 g/mol. The Hall–Kier alpha value is -7.69. The third kappa shape index (κ3) is 3.88. The molecule has 0 unspecified atom stereocenters. The number of hydrogen-bond acceptors (Lipinski definition) is 2. The van der Waals surface area contributed by atoms with Crippen LogP contribution in [0.2, 0.25) is 0 Å². The molecular weight excluding hydrogens is 750 g/mol. The molecule has 62 heavy (non-hydrogen) atoms. The number of benzene rings is 9. The topological polar surface area (TPSA) is 16.3 Å². The second-order valence-electron chi connectivity index (χ2n) is 17.7. The Morgan fingerprint density at radius 2 is 0.758 bits per heavy atom. The molecule has 9 aromatic carbocycles. The number of aryl methyl sites for hydroxylation is 2. The molecule has 0 fully saturated rings. The molecule has 15 rings (SSSR count). The van der Waals surface area contributed by atoms with E-state index in [-0.39, 0.29) is 13.7 Å². The first-order chi connectivity index (χ1) is 30.7. The summed E-state index contributed by atoms with van der Waals surface area (Å²) in [7, 11) is 0. The molecular formula is C56H36B2N4. The van der Waals surface area contributed by atoms with E-state index in [1.54, 1.807) is 0 Å². The highest BCUT2D eigenvalue weighted by Gasteiger charge is 2.48. The van der Waals surface area contributed by atoms with Crippen LogP contribution in [-0.2, 0) is 0 Å². The molecule has 4 aliphatic heterocycles. The van der Waals surface area contributed by atoms with Gasteiger partial charge in [-0.1, -0.05) is 121 Å². The number of nitrogens with zero attached hydrogens (tertiary/aromatic N) is 4. The lowest BCUT2D eigenvalue weighted by Crippen LogP contribution is -2.57. The fraction of sp³-hybridized carbons (Fsp3) is 0.0357. The van der Waals surface area contributed by atoms with Crippen LogP contribution in [0.4, 0.5) is 34.1 Å². The van der Waals surface area contributed by atoms with E-state index in [9.17, 15) is 0 Å². The van der Waals surface area contributed by atoms with Crippen molar-refractivity contribution in [2.24, 2.45) is 0 Å². The molecule has 0 spiro atoms. The number of para-hydroxylation sites is 6. The lowest BCUT2D eigenvalue weighted by Gasteiger charge is -2.42. The Kier molecular flexibility index (Phi) is 6.17. The van der Waals surface area contributed by atoms with Gasteiger partial charge in [-0.25, -0.2) is 0 Å². The lowest BCUT2D eigenvalue weighted by molar-refractivity contribution is 1.24. The van der Waals surface area contributed by atoms with Crippen LogP contribution in [-0.4, -0.2) is 22.7 Å². The first-order valence-electron chi connectivity index (χ1n) is 21.8. The van der Waals surface area contributed by atoms with Gasteiger partial charge in [0.1, 0.15) is 0 Å². The Bertz CT molecular complexity index is 3560. The van der Waals surface area contributed by atoms with Crippen LogP contribution in [0.5, 0.6) is 0 Å². The summed E-state index contributed by atoms with van der Waals surface area (Å²) in [5, 5.41) is 5.30. The summed E-state index contributed by atoms with van der Waals surface area (Å²) in [5.41, 5.74) is 25.8. The molecule has 2 aromatic heterocycles. The second kappa shape index (κ2) is 11.6. The number of hydrogen-bond donors (Lipinski definition) is 0. The molecule has 0 aliphatic carbocycles. The van der Waals surface area contributed by atoms with Crippen molar-refractivity contribution in [2.45, 2.75) is 13.8 Å². The van der Waals surface area contributed by atoms with Crippen LogP contribution < -0.4 is 31.7 Å². The summed E-state index contributed by atoms with van der Waals surface area (Å²) >= 11 is 0. The molecule has 0 radical (unpaired) electrons.